The lowest BCUT2D eigenvalue weighted by Crippen LogP contribution is -2.13. The Labute approximate surface area is 98.0 Å². The summed E-state index contributed by atoms with van der Waals surface area (Å²) in [5, 5.41) is 8.92. The Morgan fingerprint density at radius 1 is 1.41 bits per heavy atom. The number of methoxy groups -OCH3 is 1. The maximum absolute atomic E-state index is 13.9. The smallest absolute Gasteiger partial charge is 0.336 e. The lowest BCUT2D eigenvalue weighted by atomic mass is 9.99. The standard InChI is InChI=1S/C12H13FO4/c1-3-7-4-5-8(12(15)16)9(11(7)13)6-10(14)17-2/h4-5H,3,6H2,1-2H3,(H,15,16). The van der Waals surface area contributed by atoms with E-state index in [1.54, 1.807) is 6.92 Å². The predicted molar refractivity (Wildman–Crippen MR) is 58.5 cm³/mol. The first-order chi connectivity index (χ1) is 8.01. The van der Waals surface area contributed by atoms with Crippen molar-refractivity contribution in [3.05, 3.63) is 34.6 Å². The van der Waals surface area contributed by atoms with E-state index >= 15 is 0 Å². The van der Waals surface area contributed by atoms with Crippen molar-refractivity contribution in [3.8, 4) is 0 Å². The molecule has 92 valence electrons. The minimum Gasteiger partial charge on any atom is -0.478 e. The van der Waals surface area contributed by atoms with Crippen molar-refractivity contribution in [3.63, 3.8) is 0 Å². The van der Waals surface area contributed by atoms with E-state index in [4.69, 9.17) is 5.11 Å². The first kappa shape index (κ1) is 13.2. The molecule has 0 aliphatic heterocycles. The molecule has 0 atom stereocenters. The van der Waals surface area contributed by atoms with Crippen LogP contribution in [0.15, 0.2) is 12.1 Å². The highest BCUT2D eigenvalue weighted by molar-refractivity contribution is 5.91. The van der Waals surface area contributed by atoms with Crippen LogP contribution in [0.1, 0.15) is 28.4 Å². The van der Waals surface area contributed by atoms with E-state index in [0.717, 1.165) is 0 Å². The van der Waals surface area contributed by atoms with Gasteiger partial charge in [-0.15, -0.1) is 0 Å². The summed E-state index contributed by atoms with van der Waals surface area (Å²) in [6, 6.07) is 2.72. The van der Waals surface area contributed by atoms with Crippen molar-refractivity contribution in [1.82, 2.24) is 0 Å². The summed E-state index contributed by atoms with van der Waals surface area (Å²) in [5.41, 5.74) is 0.0581. The third kappa shape index (κ3) is 2.81. The molecule has 0 radical (unpaired) electrons. The molecule has 0 saturated heterocycles. The molecule has 0 fully saturated rings. The molecule has 0 heterocycles. The minimum atomic E-state index is -1.26. The molecule has 1 aromatic carbocycles. The van der Waals surface area contributed by atoms with Gasteiger partial charge in [0.1, 0.15) is 5.82 Å². The van der Waals surface area contributed by atoms with Crippen LogP contribution >= 0.6 is 0 Å². The van der Waals surface area contributed by atoms with E-state index in [0.29, 0.717) is 12.0 Å². The molecule has 0 aliphatic carbocycles. The van der Waals surface area contributed by atoms with Crippen molar-refractivity contribution in [2.24, 2.45) is 0 Å². The van der Waals surface area contributed by atoms with E-state index in [2.05, 4.69) is 4.74 Å². The van der Waals surface area contributed by atoms with E-state index in [1.807, 2.05) is 0 Å². The molecule has 0 saturated carbocycles. The summed E-state index contributed by atoms with van der Waals surface area (Å²) in [5.74, 6) is -2.57. The summed E-state index contributed by atoms with van der Waals surface area (Å²) in [6.07, 6.45) is 0.0533. The van der Waals surface area contributed by atoms with Crippen LogP contribution < -0.4 is 0 Å². The van der Waals surface area contributed by atoms with Crippen LogP contribution in [0.2, 0.25) is 0 Å². The zero-order valence-electron chi connectivity index (χ0n) is 9.62. The number of ether oxygens (including phenoxy) is 1. The fourth-order valence-corrected chi connectivity index (χ4v) is 1.53. The van der Waals surface area contributed by atoms with E-state index < -0.39 is 17.8 Å². The van der Waals surface area contributed by atoms with Gasteiger partial charge in [-0.3, -0.25) is 4.79 Å². The topological polar surface area (TPSA) is 63.6 Å². The number of carboxylic acid groups (broad SMARTS) is 1. The minimum absolute atomic E-state index is 0.122. The van der Waals surface area contributed by atoms with E-state index in [1.165, 1.54) is 19.2 Å². The monoisotopic (exact) mass is 240 g/mol. The third-order valence-electron chi connectivity index (χ3n) is 2.48. The Hall–Kier alpha value is -1.91. The molecular weight excluding hydrogens is 227 g/mol. The Kier molecular flexibility index (Phi) is 4.20. The van der Waals surface area contributed by atoms with Crippen LogP contribution in [0.4, 0.5) is 4.39 Å². The Morgan fingerprint density at radius 3 is 2.53 bits per heavy atom. The number of hydrogen-bond acceptors (Lipinski definition) is 3. The second-order valence-electron chi connectivity index (χ2n) is 3.48. The van der Waals surface area contributed by atoms with Crippen LogP contribution in [0.3, 0.4) is 0 Å². The largest absolute Gasteiger partial charge is 0.478 e. The first-order valence-corrected chi connectivity index (χ1v) is 5.11. The number of carbonyl (C=O) groups excluding carboxylic acids is 1. The molecule has 0 bridgehead atoms. The van der Waals surface area contributed by atoms with Gasteiger partial charge in [-0.05, 0) is 18.1 Å². The molecule has 1 aromatic rings. The van der Waals surface area contributed by atoms with Gasteiger partial charge in [0.25, 0.3) is 0 Å². The molecule has 0 aromatic heterocycles. The average Bonchev–Trinajstić information content (AvgIpc) is 2.30. The highest BCUT2D eigenvalue weighted by atomic mass is 19.1. The lowest BCUT2D eigenvalue weighted by Gasteiger charge is -2.09. The van der Waals surface area contributed by atoms with Crippen molar-refractivity contribution < 1.29 is 23.8 Å². The fourth-order valence-electron chi connectivity index (χ4n) is 1.53. The molecule has 0 aliphatic rings. The number of rotatable bonds is 4. The summed E-state index contributed by atoms with van der Waals surface area (Å²) in [6.45, 7) is 1.75. The van der Waals surface area contributed by atoms with Gasteiger partial charge in [0.15, 0.2) is 0 Å². The zero-order valence-corrected chi connectivity index (χ0v) is 9.62. The number of aromatic carboxylic acids is 1. The molecule has 4 nitrogen and oxygen atoms in total. The number of carboxylic acids is 1. The van der Waals surface area contributed by atoms with Crippen LogP contribution in [0, 0.1) is 5.82 Å². The van der Waals surface area contributed by atoms with Crippen molar-refractivity contribution >= 4 is 11.9 Å². The summed E-state index contributed by atoms with van der Waals surface area (Å²) in [4.78, 5) is 22.1. The summed E-state index contributed by atoms with van der Waals surface area (Å²) < 4.78 is 18.3. The van der Waals surface area contributed by atoms with Gasteiger partial charge in [-0.1, -0.05) is 13.0 Å². The predicted octanol–water partition coefficient (Wildman–Crippen LogP) is 1.80. The highest BCUT2D eigenvalue weighted by Crippen LogP contribution is 2.19. The normalized spacial score (nSPS) is 10.1. The summed E-state index contributed by atoms with van der Waals surface area (Å²) >= 11 is 0. The molecule has 5 heteroatoms. The Balaban J connectivity index is 3.29. The van der Waals surface area contributed by atoms with Crippen LogP contribution in [-0.4, -0.2) is 24.2 Å². The molecule has 1 rings (SSSR count). The van der Waals surface area contributed by atoms with Crippen LogP contribution in [-0.2, 0) is 22.4 Å². The maximum atomic E-state index is 13.9. The number of hydrogen-bond donors (Lipinski definition) is 1. The van der Waals surface area contributed by atoms with Crippen LogP contribution in [0.5, 0.6) is 0 Å². The molecule has 0 unspecified atom stereocenters. The van der Waals surface area contributed by atoms with E-state index in [9.17, 15) is 14.0 Å². The zero-order chi connectivity index (χ0) is 13.0. The maximum Gasteiger partial charge on any atom is 0.336 e. The SMILES string of the molecule is CCc1ccc(C(=O)O)c(CC(=O)OC)c1F. The van der Waals surface area contributed by atoms with Gasteiger partial charge in [0.2, 0.25) is 0 Å². The van der Waals surface area contributed by atoms with Crippen molar-refractivity contribution in [2.45, 2.75) is 19.8 Å². The quantitative estimate of drug-likeness (QED) is 0.815. The van der Waals surface area contributed by atoms with Gasteiger partial charge < -0.3 is 9.84 Å². The van der Waals surface area contributed by atoms with Crippen molar-refractivity contribution in [1.29, 1.82) is 0 Å². The van der Waals surface area contributed by atoms with Gasteiger partial charge >= 0.3 is 11.9 Å². The van der Waals surface area contributed by atoms with Gasteiger partial charge in [0, 0.05) is 5.56 Å². The third-order valence-corrected chi connectivity index (χ3v) is 2.48. The second-order valence-corrected chi connectivity index (χ2v) is 3.48. The average molecular weight is 240 g/mol. The van der Waals surface area contributed by atoms with Crippen molar-refractivity contribution in [2.75, 3.05) is 7.11 Å². The molecule has 0 amide bonds. The number of halogens is 1. The fraction of sp³-hybridized carbons (Fsp3) is 0.333. The highest BCUT2D eigenvalue weighted by Gasteiger charge is 2.19. The molecule has 1 N–H and O–H groups in total. The van der Waals surface area contributed by atoms with Gasteiger partial charge in [0.05, 0.1) is 19.1 Å². The second kappa shape index (κ2) is 5.43. The molecular formula is C12H13FO4. The number of aryl methyl sites for hydroxylation is 1. The first-order valence-electron chi connectivity index (χ1n) is 5.11. The number of carbonyl (C=O) groups is 2. The molecule has 0 spiro atoms. The number of esters is 1. The Morgan fingerprint density at radius 2 is 2.06 bits per heavy atom. The van der Waals surface area contributed by atoms with Gasteiger partial charge in [-0.25, -0.2) is 9.18 Å². The molecule has 17 heavy (non-hydrogen) atoms. The lowest BCUT2D eigenvalue weighted by molar-refractivity contribution is -0.139. The van der Waals surface area contributed by atoms with Crippen LogP contribution in [0.25, 0.3) is 0 Å². The Bertz CT molecular complexity index is 454. The van der Waals surface area contributed by atoms with E-state index in [-0.39, 0.29) is 17.5 Å². The summed E-state index contributed by atoms with van der Waals surface area (Å²) in [7, 11) is 1.17. The van der Waals surface area contributed by atoms with Gasteiger partial charge in [-0.2, -0.15) is 0 Å². The number of benzene rings is 1.